The van der Waals surface area contributed by atoms with E-state index in [1.165, 1.54) is 12.1 Å². The van der Waals surface area contributed by atoms with Gasteiger partial charge in [-0.3, -0.25) is 8.98 Å². The summed E-state index contributed by atoms with van der Waals surface area (Å²) in [6.07, 6.45) is 1.87. The van der Waals surface area contributed by atoms with E-state index in [0.717, 1.165) is 16.8 Å². The van der Waals surface area contributed by atoms with Gasteiger partial charge in [0.15, 0.2) is 0 Å². The Morgan fingerprint density at radius 1 is 1.20 bits per heavy atom. The van der Waals surface area contributed by atoms with Crippen LogP contribution in [0.25, 0.3) is 0 Å². The number of hydrogen-bond donors (Lipinski definition) is 0. The maximum atomic E-state index is 11.7. The first-order valence-corrected chi connectivity index (χ1v) is 9.24. The maximum absolute atomic E-state index is 11.7. The van der Waals surface area contributed by atoms with Crippen LogP contribution in [0.1, 0.15) is 11.1 Å². The normalized spacial score (nSPS) is 15.5. The third-order valence-electron chi connectivity index (χ3n) is 2.70. The highest BCUT2D eigenvalue weighted by Crippen LogP contribution is 2.31. The van der Waals surface area contributed by atoms with Crippen LogP contribution in [-0.4, -0.2) is 35.3 Å². The van der Waals surface area contributed by atoms with E-state index in [4.69, 9.17) is 0 Å². The number of hydrogen-bond acceptors (Lipinski definition) is 6. The van der Waals surface area contributed by atoms with Crippen LogP contribution in [0.3, 0.4) is 0 Å². The van der Waals surface area contributed by atoms with E-state index in [1.54, 1.807) is 6.07 Å². The predicted molar refractivity (Wildman–Crippen MR) is 72.1 cm³/mol. The van der Waals surface area contributed by atoms with Gasteiger partial charge in [0.1, 0.15) is 0 Å². The third kappa shape index (κ3) is 3.17. The molecule has 1 aliphatic heterocycles. The quantitative estimate of drug-likeness (QED) is 0.725. The minimum absolute atomic E-state index is 0.0326. The van der Waals surface area contributed by atoms with Crippen LogP contribution in [0.2, 0.25) is 0 Å². The number of amides is 1. The number of rotatable bonds is 4. The topological polar surface area (TPSA) is 97.8 Å². The Balaban J connectivity index is 2.32. The van der Waals surface area contributed by atoms with Crippen LogP contribution in [0.15, 0.2) is 18.2 Å². The molecule has 0 N–H and O–H groups in total. The minimum Gasteiger partial charge on any atom is -0.273 e. The van der Waals surface area contributed by atoms with E-state index < -0.39 is 26.0 Å². The second kappa shape index (κ2) is 4.83. The largest absolute Gasteiger partial charge is 0.273 e. The Morgan fingerprint density at radius 2 is 1.85 bits per heavy atom. The van der Waals surface area contributed by atoms with Gasteiger partial charge in [-0.1, -0.05) is 12.1 Å². The van der Waals surface area contributed by atoms with E-state index in [0.29, 0.717) is 16.8 Å². The van der Waals surface area contributed by atoms with Crippen molar-refractivity contribution >= 4 is 31.7 Å². The molecule has 0 atom stereocenters. The van der Waals surface area contributed by atoms with Gasteiger partial charge in [-0.05, 0) is 17.2 Å². The van der Waals surface area contributed by atoms with Gasteiger partial charge in [-0.2, -0.15) is 8.42 Å². The highest BCUT2D eigenvalue weighted by Gasteiger charge is 2.33. The molecule has 20 heavy (non-hydrogen) atoms. The maximum Gasteiger partial charge on any atom is 0.264 e. The van der Waals surface area contributed by atoms with Crippen molar-refractivity contribution in [1.82, 2.24) is 0 Å². The summed E-state index contributed by atoms with van der Waals surface area (Å²) in [7, 11) is -7.21. The van der Waals surface area contributed by atoms with Crippen LogP contribution in [0.4, 0.5) is 5.69 Å². The molecule has 1 aliphatic rings. The van der Waals surface area contributed by atoms with Crippen molar-refractivity contribution in [3.8, 4) is 0 Å². The zero-order valence-corrected chi connectivity index (χ0v) is 12.5. The van der Waals surface area contributed by atoms with Crippen molar-refractivity contribution in [1.29, 1.82) is 0 Å². The molecule has 2 rings (SSSR count). The zero-order chi connectivity index (χ0) is 15.1. The van der Waals surface area contributed by atoms with Crippen molar-refractivity contribution in [3.05, 3.63) is 29.3 Å². The van der Waals surface area contributed by atoms with Crippen LogP contribution >= 0.6 is 0 Å². The summed E-state index contributed by atoms with van der Waals surface area (Å²) < 4.78 is 50.3. The van der Waals surface area contributed by atoms with Gasteiger partial charge in [0.05, 0.1) is 31.2 Å². The fourth-order valence-corrected chi connectivity index (χ4v) is 3.30. The average Bonchev–Trinajstić information content (AvgIpc) is 2.59. The van der Waals surface area contributed by atoms with Crippen LogP contribution in [0.5, 0.6) is 0 Å². The molecule has 7 nitrogen and oxygen atoms in total. The lowest BCUT2D eigenvalue weighted by Crippen LogP contribution is -2.32. The Morgan fingerprint density at radius 3 is 2.40 bits per heavy atom. The standard InChI is InChI=1S/C11H13NO6S2/c1-19(14,15)12-10-4-3-8(7-18-20(2,16)17)5-9(10)6-11(12)13/h3-5H,6-7H2,1-2H3. The molecule has 0 fully saturated rings. The molecular weight excluding hydrogens is 306 g/mol. The Labute approximate surface area is 117 Å². The van der Waals surface area contributed by atoms with Gasteiger partial charge < -0.3 is 0 Å². The monoisotopic (exact) mass is 319 g/mol. The molecule has 1 aromatic carbocycles. The third-order valence-corrected chi connectivity index (χ3v) is 4.31. The summed E-state index contributed by atoms with van der Waals surface area (Å²) in [6.45, 7) is -0.154. The number of nitrogens with zero attached hydrogens (tertiary/aromatic N) is 1. The fraction of sp³-hybridized carbons (Fsp3) is 0.364. The molecule has 0 aromatic heterocycles. The van der Waals surface area contributed by atoms with Crippen molar-refractivity contribution in [3.63, 3.8) is 0 Å². The second-order valence-electron chi connectivity index (χ2n) is 4.53. The first-order valence-electron chi connectivity index (χ1n) is 5.57. The second-order valence-corrected chi connectivity index (χ2v) is 8.00. The zero-order valence-electron chi connectivity index (χ0n) is 10.9. The average molecular weight is 319 g/mol. The van der Waals surface area contributed by atoms with E-state index in [1.807, 2.05) is 0 Å². The lowest BCUT2D eigenvalue weighted by atomic mass is 10.1. The Hall–Kier alpha value is -1.45. The van der Waals surface area contributed by atoms with Gasteiger partial charge in [-0.15, -0.1) is 0 Å². The minimum atomic E-state index is -3.66. The van der Waals surface area contributed by atoms with Gasteiger partial charge in [0, 0.05) is 0 Å². The van der Waals surface area contributed by atoms with Gasteiger partial charge in [0.2, 0.25) is 15.9 Å². The van der Waals surface area contributed by atoms with E-state index in [2.05, 4.69) is 4.18 Å². The summed E-state index contributed by atoms with van der Waals surface area (Å²) in [5.74, 6) is -0.524. The van der Waals surface area contributed by atoms with Crippen molar-refractivity contribution in [2.75, 3.05) is 16.8 Å². The molecule has 9 heteroatoms. The van der Waals surface area contributed by atoms with Crippen molar-refractivity contribution in [2.24, 2.45) is 0 Å². The number of sulfonamides is 1. The summed E-state index contributed by atoms with van der Waals surface area (Å²) in [5.41, 5.74) is 1.40. The molecule has 0 saturated heterocycles. The summed E-state index contributed by atoms with van der Waals surface area (Å²) >= 11 is 0. The van der Waals surface area contributed by atoms with E-state index >= 15 is 0 Å². The smallest absolute Gasteiger partial charge is 0.264 e. The van der Waals surface area contributed by atoms with Gasteiger partial charge >= 0.3 is 0 Å². The van der Waals surface area contributed by atoms with E-state index in [-0.39, 0.29) is 13.0 Å². The Bertz CT molecular complexity index is 766. The lowest BCUT2D eigenvalue weighted by Gasteiger charge is -2.14. The predicted octanol–water partition coefficient (Wildman–Crippen LogP) is 0.0115. The molecule has 0 spiro atoms. The van der Waals surface area contributed by atoms with Crippen LogP contribution in [0, 0.1) is 0 Å². The number of fused-ring (bicyclic) bond motifs is 1. The molecule has 0 unspecified atom stereocenters. The molecule has 0 saturated carbocycles. The number of anilines is 1. The van der Waals surface area contributed by atoms with Crippen molar-refractivity contribution < 1.29 is 25.8 Å². The highest BCUT2D eigenvalue weighted by atomic mass is 32.2. The van der Waals surface area contributed by atoms with Crippen LogP contribution in [-0.2, 0) is 42.1 Å². The molecular formula is C11H13NO6S2. The van der Waals surface area contributed by atoms with Crippen molar-refractivity contribution in [2.45, 2.75) is 13.0 Å². The first kappa shape index (κ1) is 14.9. The number of carbonyl (C=O) groups excluding carboxylic acids is 1. The summed E-state index contributed by atoms with van der Waals surface area (Å²) in [5, 5.41) is 0. The molecule has 0 aliphatic carbocycles. The Kier molecular flexibility index (Phi) is 3.61. The molecule has 110 valence electrons. The lowest BCUT2D eigenvalue weighted by molar-refractivity contribution is -0.116. The molecule has 1 amide bonds. The van der Waals surface area contributed by atoms with Gasteiger partial charge in [-0.25, -0.2) is 12.7 Å². The fourth-order valence-electron chi connectivity index (χ4n) is 1.98. The molecule has 1 heterocycles. The molecule has 0 radical (unpaired) electrons. The molecule has 1 aromatic rings. The van der Waals surface area contributed by atoms with E-state index in [9.17, 15) is 21.6 Å². The van der Waals surface area contributed by atoms with Gasteiger partial charge in [0.25, 0.3) is 10.1 Å². The summed E-state index contributed by atoms with van der Waals surface area (Å²) in [4.78, 5) is 11.7. The molecule has 0 bridgehead atoms. The van der Waals surface area contributed by atoms with Crippen LogP contribution < -0.4 is 4.31 Å². The number of benzene rings is 1. The number of carbonyl (C=O) groups is 1. The SMILES string of the molecule is CS(=O)(=O)OCc1ccc2c(c1)CC(=O)N2S(C)(=O)=O. The highest BCUT2D eigenvalue weighted by molar-refractivity contribution is 7.92. The first-order chi connectivity index (χ1) is 9.08. The summed E-state index contributed by atoms with van der Waals surface area (Å²) in [6, 6.07) is 4.58.